The smallest absolute Gasteiger partial charge is 0.323 e. The molecule has 0 saturated carbocycles. The van der Waals surface area contributed by atoms with Crippen LogP contribution in [0.4, 0.5) is 5.69 Å². The van der Waals surface area contributed by atoms with E-state index in [4.69, 9.17) is 16.1 Å². The number of benzene rings is 1. The largest absolute Gasteiger partial charge is 0.480 e. The molecule has 1 aromatic rings. The highest BCUT2D eigenvalue weighted by Crippen LogP contribution is 2.12. The number of carbonyl (C=O) groups excluding carboxylic acids is 1. The number of carboxylic acids is 1. The second kappa shape index (κ2) is 13.7. The van der Waals surface area contributed by atoms with Crippen molar-refractivity contribution in [2.24, 2.45) is 10.7 Å². The normalized spacial score (nSPS) is 13.6. The molecule has 4 N–H and O–H groups in total. The van der Waals surface area contributed by atoms with Gasteiger partial charge in [0.1, 0.15) is 6.54 Å². The van der Waals surface area contributed by atoms with Gasteiger partial charge in [-0.3, -0.25) is 14.9 Å². The van der Waals surface area contributed by atoms with Gasteiger partial charge in [0.2, 0.25) is 11.9 Å². The molecule has 1 fully saturated rings. The maximum absolute atomic E-state index is 11.2. The van der Waals surface area contributed by atoms with Crippen molar-refractivity contribution >= 4 is 23.5 Å². The maximum Gasteiger partial charge on any atom is 0.323 e. The predicted octanol–water partition coefficient (Wildman–Crippen LogP) is 1.73. The summed E-state index contributed by atoms with van der Waals surface area (Å²) < 4.78 is 0. The Morgan fingerprint density at radius 2 is 2.11 bits per heavy atom. The minimum atomic E-state index is -0.926. The Kier molecular flexibility index (Phi) is 11.9. The third-order valence-electron chi connectivity index (χ3n) is 3.43. The topological polar surface area (TPSA) is 132 Å². The summed E-state index contributed by atoms with van der Waals surface area (Å²) in [6.07, 6.45) is 13.1. The molecule has 0 unspecified atom stereocenters. The molecule has 27 heavy (non-hydrogen) atoms. The number of nitrogens with zero attached hydrogens (tertiary/aromatic N) is 3. The Bertz CT molecular complexity index is 707. The van der Waals surface area contributed by atoms with Crippen LogP contribution in [-0.2, 0) is 9.59 Å². The van der Waals surface area contributed by atoms with E-state index in [1.165, 1.54) is 4.90 Å². The predicted molar refractivity (Wildman–Crippen MR) is 104 cm³/mol. The number of nitrogens with two attached hydrogens (primary N) is 1. The minimum Gasteiger partial charge on any atom is -0.480 e. The number of guanidine groups is 1. The average molecular weight is 371 g/mol. The molecule has 1 amide bonds. The molecule has 0 aliphatic carbocycles. The van der Waals surface area contributed by atoms with E-state index in [1.807, 2.05) is 31.2 Å². The average Bonchev–Trinajstić information content (AvgIpc) is 2.82. The van der Waals surface area contributed by atoms with Gasteiger partial charge in [-0.15, -0.1) is 12.8 Å². The maximum atomic E-state index is 11.2. The van der Waals surface area contributed by atoms with E-state index in [1.54, 1.807) is 6.19 Å². The highest BCUT2D eigenvalue weighted by Gasteiger charge is 2.18. The fourth-order valence-corrected chi connectivity index (χ4v) is 2.29. The van der Waals surface area contributed by atoms with Gasteiger partial charge in [-0.25, -0.2) is 4.99 Å². The Morgan fingerprint density at radius 3 is 2.70 bits per heavy atom. The van der Waals surface area contributed by atoms with Gasteiger partial charge in [0.25, 0.3) is 0 Å². The molecule has 1 heterocycles. The lowest BCUT2D eigenvalue weighted by atomic mass is 10.2. The van der Waals surface area contributed by atoms with Gasteiger partial charge in [-0.1, -0.05) is 18.6 Å². The van der Waals surface area contributed by atoms with Gasteiger partial charge in [-0.05, 0) is 37.5 Å². The molecule has 0 bridgehead atoms. The molecule has 8 heteroatoms. The van der Waals surface area contributed by atoms with E-state index in [2.05, 4.69) is 23.2 Å². The number of amides is 1. The summed E-state index contributed by atoms with van der Waals surface area (Å²) >= 11 is 0. The summed E-state index contributed by atoms with van der Waals surface area (Å²) in [6, 6.07) is 7.55. The lowest BCUT2D eigenvalue weighted by Crippen LogP contribution is -2.34. The van der Waals surface area contributed by atoms with E-state index in [0.29, 0.717) is 13.0 Å². The summed E-state index contributed by atoms with van der Waals surface area (Å²) in [5.41, 5.74) is 7.22. The summed E-state index contributed by atoms with van der Waals surface area (Å²) in [5.74, 6) is -0.840. The fraction of sp³-hybridized carbons (Fsp3) is 0.368. The van der Waals surface area contributed by atoms with Crippen LogP contribution in [0, 0.1) is 31.2 Å². The zero-order valence-corrected chi connectivity index (χ0v) is 15.4. The van der Waals surface area contributed by atoms with Gasteiger partial charge in [0, 0.05) is 13.0 Å². The Balaban J connectivity index is 0.000000460. The van der Waals surface area contributed by atoms with Crippen LogP contribution >= 0.6 is 0 Å². The number of carbonyl (C=O) groups is 2. The minimum absolute atomic E-state index is 0.0186. The number of aryl methyl sites for hydroxylation is 1. The van der Waals surface area contributed by atoms with Crippen LogP contribution in [0.25, 0.3) is 0 Å². The van der Waals surface area contributed by atoms with Crippen molar-refractivity contribution in [1.82, 2.24) is 10.2 Å². The van der Waals surface area contributed by atoms with Crippen molar-refractivity contribution < 1.29 is 14.7 Å². The lowest BCUT2D eigenvalue weighted by Gasteiger charge is -2.17. The van der Waals surface area contributed by atoms with Crippen molar-refractivity contribution in [3.63, 3.8) is 0 Å². The fourth-order valence-electron chi connectivity index (χ4n) is 2.29. The van der Waals surface area contributed by atoms with Crippen molar-refractivity contribution in [1.29, 1.82) is 5.26 Å². The van der Waals surface area contributed by atoms with Crippen molar-refractivity contribution in [3.8, 4) is 19.0 Å². The van der Waals surface area contributed by atoms with E-state index in [-0.39, 0.29) is 18.4 Å². The highest BCUT2D eigenvalue weighted by atomic mass is 16.4. The molecule has 2 rings (SSSR count). The Labute approximate surface area is 159 Å². The first-order valence-electron chi connectivity index (χ1n) is 8.31. The van der Waals surface area contributed by atoms with E-state index < -0.39 is 5.97 Å². The summed E-state index contributed by atoms with van der Waals surface area (Å²) in [7, 11) is 0. The van der Waals surface area contributed by atoms with Crippen molar-refractivity contribution in [2.45, 2.75) is 32.6 Å². The first-order chi connectivity index (χ1) is 12.9. The summed E-state index contributed by atoms with van der Waals surface area (Å²) in [5, 5.41) is 19.0. The number of carboxylic acid groups (broad SMARTS) is 1. The standard InChI is InChI=1S/C9H10N4.C8H13NO3.C2H2/c1-7-3-2-4-8(5-7)13-9(11)12-6-10;10-7-4-2-1-3-5-9(7)6-8(11)12;1-2/h2-5H,1H3,(H3,11,12,13);1-6H2,(H,11,12);1-2H. The second-order valence-electron chi connectivity index (χ2n) is 5.59. The van der Waals surface area contributed by atoms with Crippen LogP contribution in [0.15, 0.2) is 29.3 Å². The van der Waals surface area contributed by atoms with Crippen molar-refractivity contribution in [3.05, 3.63) is 29.8 Å². The number of aliphatic imine (C=N–C) groups is 1. The second-order valence-corrected chi connectivity index (χ2v) is 5.59. The van der Waals surface area contributed by atoms with Gasteiger partial charge in [0.15, 0.2) is 6.19 Å². The van der Waals surface area contributed by atoms with E-state index in [9.17, 15) is 9.59 Å². The molecular weight excluding hydrogens is 346 g/mol. The first kappa shape index (κ1) is 23.5. The molecule has 1 aliphatic heterocycles. The molecule has 0 atom stereocenters. The van der Waals surface area contributed by atoms with Gasteiger partial charge in [-0.2, -0.15) is 5.26 Å². The molecule has 8 nitrogen and oxygen atoms in total. The molecule has 0 spiro atoms. The molecule has 144 valence electrons. The molecule has 1 aliphatic rings. The van der Waals surface area contributed by atoms with Crippen LogP contribution in [0.3, 0.4) is 0 Å². The highest BCUT2D eigenvalue weighted by molar-refractivity contribution is 5.82. The molecular formula is C19H25N5O3. The Hall–Kier alpha value is -3.52. The number of likely N-dealkylation sites (tertiary alicyclic amines) is 1. The third kappa shape index (κ3) is 10.8. The molecule has 1 aromatic carbocycles. The molecule has 1 saturated heterocycles. The number of hydrogen-bond acceptors (Lipinski definition) is 4. The summed E-state index contributed by atoms with van der Waals surface area (Å²) in [6.45, 7) is 2.43. The van der Waals surface area contributed by atoms with Crippen LogP contribution in [0.5, 0.6) is 0 Å². The SMILES string of the molecule is C#C.Cc1cccc(N=C(N)NC#N)c1.O=C(O)CN1CCCCCC1=O. The number of hydrogen-bond donors (Lipinski definition) is 3. The molecule has 0 radical (unpaired) electrons. The van der Waals surface area contributed by atoms with Crippen LogP contribution in [0.1, 0.15) is 31.2 Å². The number of nitrogens with one attached hydrogen (secondary N) is 1. The zero-order chi connectivity index (χ0) is 20.7. The number of terminal acetylenes is 1. The van der Waals surface area contributed by atoms with Crippen LogP contribution in [-0.4, -0.2) is 40.9 Å². The number of rotatable bonds is 3. The van der Waals surface area contributed by atoms with Gasteiger partial charge < -0.3 is 15.7 Å². The van der Waals surface area contributed by atoms with E-state index >= 15 is 0 Å². The van der Waals surface area contributed by atoms with Crippen molar-refractivity contribution in [2.75, 3.05) is 13.1 Å². The number of nitriles is 1. The van der Waals surface area contributed by atoms with E-state index in [0.717, 1.165) is 30.5 Å². The summed E-state index contributed by atoms with van der Waals surface area (Å²) in [4.78, 5) is 26.9. The van der Waals surface area contributed by atoms with Crippen LogP contribution in [0.2, 0.25) is 0 Å². The lowest BCUT2D eigenvalue weighted by molar-refractivity contribution is -0.144. The van der Waals surface area contributed by atoms with Crippen LogP contribution < -0.4 is 11.1 Å². The first-order valence-corrected chi connectivity index (χ1v) is 8.31. The van der Waals surface area contributed by atoms with Gasteiger partial charge in [0.05, 0.1) is 5.69 Å². The quantitative estimate of drug-likeness (QED) is 0.244. The molecule has 0 aromatic heterocycles. The number of aliphatic carboxylic acids is 1. The van der Waals surface area contributed by atoms with Gasteiger partial charge >= 0.3 is 5.97 Å². The Morgan fingerprint density at radius 1 is 1.41 bits per heavy atom. The monoisotopic (exact) mass is 371 g/mol. The third-order valence-corrected chi connectivity index (χ3v) is 3.43. The zero-order valence-electron chi connectivity index (χ0n) is 15.4.